The number of ether oxygens (including phenoxy) is 1. The molecule has 1 heterocycles. The van der Waals surface area contributed by atoms with Crippen LogP contribution in [-0.4, -0.2) is 29.8 Å². The lowest BCUT2D eigenvalue weighted by Gasteiger charge is -2.29. The molecule has 0 unspecified atom stereocenters. The summed E-state index contributed by atoms with van der Waals surface area (Å²) in [6, 6.07) is 2.74. The molecule has 0 aliphatic carbocycles. The molecule has 0 atom stereocenters. The van der Waals surface area contributed by atoms with E-state index in [0.717, 1.165) is 0 Å². The number of hydrogen-bond acceptors (Lipinski definition) is 2. The number of amides is 2. The van der Waals surface area contributed by atoms with E-state index in [2.05, 4.69) is 5.32 Å². The Kier molecular flexibility index (Phi) is 4.16. The summed E-state index contributed by atoms with van der Waals surface area (Å²) in [6.07, 6.45) is 0. The van der Waals surface area contributed by atoms with Gasteiger partial charge in [-0.05, 0) is 26.0 Å². The van der Waals surface area contributed by atoms with Crippen molar-refractivity contribution in [2.45, 2.75) is 19.4 Å². The van der Waals surface area contributed by atoms with E-state index in [9.17, 15) is 4.79 Å². The largest absolute Gasteiger partial charge is 0.359 e. The Balaban J connectivity index is 2.20. The second-order valence-electron chi connectivity index (χ2n) is 4.89. The molecule has 0 saturated carbocycles. The van der Waals surface area contributed by atoms with Gasteiger partial charge in [0.15, 0.2) is 0 Å². The third-order valence-electron chi connectivity index (χ3n) is 2.89. The van der Waals surface area contributed by atoms with Gasteiger partial charge in [0.2, 0.25) is 0 Å². The van der Waals surface area contributed by atoms with Crippen LogP contribution >= 0.6 is 34.8 Å². The van der Waals surface area contributed by atoms with Gasteiger partial charge in [0.05, 0.1) is 27.9 Å². The fraction of sp³-hybridized carbons (Fsp3) is 0.417. The molecule has 1 aromatic rings. The van der Waals surface area contributed by atoms with E-state index < -0.39 is 0 Å². The number of rotatable bonds is 1. The summed E-state index contributed by atoms with van der Waals surface area (Å²) in [5, 5.41) is 3.69. The number of nitrogens with zero attached hydrogens (tertiary/aromatic N) is 1. The van der Waals surface area contributed by atoms with Gasteiger partial charge in [0.25, 0.3) is 0 Å². The van der Waals surface area contributed by atoms with Gasteiger partial charge < -0.3 is 10.1 Å². The van der Waals surface area contributed by atoms with Gasteiger partial charge in [0.1, 0.15) is 6.73 Å². The lowest BCUT2D eigenvalue weighted by atomic mass is 10.1. The molecule has 19 heavy (non-hydrogen) atoms. The van der Waals surface area contributed by atoms with Crippen LogP contribution in [0.3, 0.4) is 0 Å². The predicted octanol–water partition coefficient (Wildman–Crippen LogP) is 4.25. The normalized spacial score (nSPS) is 17.6. The van der Waals surface area contributed by atoms with Crippen molar-refractivity contribution < 1.29 is 9.53 Å². The van der Waals surface area contributed by atoms with Gasteiger partial charge in [-0.1, -0.05) is 34.8 Å². The third-order valence-corrected chi connectivity index (χ3v) is 3.70. The molecule has 7 heteroatoms. The number of halogens is 3. The van der Waals surface area contributed by atoms with E-state index >= 15 is 0 Å². The smallest absolute Gasteiger partial charge is 0.324 e. The molecule has 0 radical (unpaired) electrons. The second-order valence-corrected chi connectivity index (χ2v) is 6.14. The van der Waals surface area contributed by atoms with Gasteiger partial charge in [-0.25, -0.2) is 4.79 Å². The Bertz CT molecular complexity index is 497. The van der Waals surface area contributed by atoms with Crippen molar-refractivity contribution >= 4 is 46.5 Å². The molecule has 2 rings (SSSR count). The van der Waals surface area contributed by atoms with Crippen molar-refractivity contribution in [3.8, 4) is 0 Å². The highest BCUT2D eigenvalue weighted by Crippen LogP contribution is 2.34. The average molecular weight is 324 g/mol. The van der Waals surface area contributed by atoms with Crippen molar-refractivity contribution in [1.29, 1.82) is 0 Å². The molecule has 0 bridgehead atoms. The molecule has 1 aromatic carbocycles. The van der Waals surface area contributed by atoms with Gasteiger partial charge >= 0.3 is 6.03 Å². The molecule has 4 nitrogen and oxygen atoms in total. The van der Waals surface area contributed by atoms with Crippen molar-refractivity contribution in [2.75, 3.05) is 18.7 Å². The second kappa shape index (κ2) is 5.37. The monoisotopic (exact) mass is 322 g/mol. The number of nitrogens with one attached hydrogen (secondary N) is 1. The Labute approximate surface area is 126 Å². The maximum atomic E-state index is 12.2. The first-order chi connectivity index (χ1) is 8.81. The van der Waals surface area contributed by atoms with E-state index in [-0.39, 0.29) is 18.3 Å². The van der Waals surface area contributed by atoms with E-state index in [1.807, 2.05) is 13.8 Å². The minimum Gasteiger partial charge on any atom is -0.359 e. The van der Waals surface area contributed by atoms with Crippen molar-refractivity contribution in [1.82, 2.24) is 4.90 Å². The topological polar surface area (TPSA) is 41.6 Å². The van der Waals surface area contributed by atoms with Gasteiger partial charge in [-0.15, -0.1) is 0 Å². The lowest BCUT2D eigenvalue weighted by molar-refractivity contribution is 0.147. The number of hydrogen-bond donors (Lipinski definition) is 1. The fourth-order valence-corrected chi connectivity index (χ4v) is 2.72. The highest BCUT2D eigenvalue weighted by molar-refractivity contribution is 6.42. The van der Waals surface area contributed by atoms with Crippen LogP contribution < -0.4 is 5.32 Å². The van der Waals surface area contributed by atoms with Crippen LogP contribution in [-0.2, 0) is 4.74 Å². The van der Waals surface area contributed by atoms with E-state index in [1.165, 1.54) is 12.1 Å². The molecule has 104 valence electrons. The zero-order valence-corrected chi connectivity index (χ0v) is 12.7. The van der Waals surface area contributed by atoms with E-state index in [1.54, 1.807) is 4.90 Å². The molecule has 1 N–H and O–H groups in total. The first-order valence-corrected chi connectivity index (χ1v) is 6.75. The summed E-state index contributed by atoms with van der Waals surface area (Å²) in [6.45, 7) is 4.57. The van der Waals surface area contributed by atoms with Crippen molar-refractivity contribution in [2.24, 2.45) is 0 Å². The van der Waals surface area contributed by atoms with Crippen LogP contribution in [0.2, 0.25) is 15.1 Å². The molecular weight excluding hydrogens is 311 g/mol. The predicted molar refractivity (Wildman–Crippen MR) is 77.2 cm³/mol. The number of anilines is 1. The fourth-order valence-electron chi connectivity index (χ4n) is 1.81. The quantitative estimate of drug-likeness (QED) is 0.839. The number of benzene rings is 1. The van der Waals surface area contributed by atoms with Crippen LogP contribution in [0.5, 0.6) is 0 Å². The van der Waals surface area contributed by atoms with Crippen LogP contribution in [0.15, 0.2) is 12.1 Å². The maximum Gasteiger partial charge on any atom is 0.324 e. The molecule has 0 aromatic heterocycles. The zero-order chi connectivity index (χ0) is 14.2. The van der Waals surface area contributed by atoms with Crippen LogP contribution in [0.1, 0.15) is 13.8 Å². The zero-order valence-electron chi connectivity index (χ0n) is 10.5. The van der Waals surface area contributed by atoms with E-state index in [4.69, 9.17) is 39.5 Å². The summed E-state index contributed by atoms with van der Waals surface area (Å²) in [5.41, 5.74) is -0.0180. The Morgan fingerprint density at radius 3 is 2.37 bits per heavy atom. The minimum absolute atomic E-state index is 0.238. The van der Waals surface area contributed by atoms with Gasteiger partial charge in [-0.3, -0.25) is 4.90 Å². The molecule has 1 aliphatic rings. The molecule has 1 saturated heterocycles. The number of urea groups is 1. The van der Waals surface area contributed by atoms with E-state index in [0.29, 0.717) is 27.4 Å². The summed E-state index contributed by atoms with van der Waals surface area (Å²) >= 11 is 17.9. The first-order valence-electron chi connectivity index (χ1n) is 5.62. The number of carbonyl (C=O) groups excluding carboxylic acids is 1. The maximum absolute atomic E-state index is 12.2. The van der Waals surface area contributed by atoms with Crippen molar-refractivity contribution in [3.63, 3.8) is 0 Å². The van der Waals surface area contributed by atoms with Crippen LogP contribution in [0.4, 0.5) is 10.5 Å². The Hall–Kier alpha value is -0.680. The molecule has 2 amide bonds. The summed E-state index contributed by atoms with van der Waals surface area (Å²) in [5.74, 6) is 0. The van der Waals surface area contributed by atoms with Gasteiger partial charge in [0, 0.05) is 5.02 Å². The lowest BCUT2D eigenvalue weighted by Crippen LogP contribution is -2.46. The standard InChI is InChI=1S/C12H13Cl3N2O2/c1-12(2)5-19-6-17(12)11(18)16-10-8(14)3-7(13)4-9(10)15/h3-4H,5-6H2,1-2H3,(H,16,18). The summed E-state index contributed by atoms with van der Waals surface area (Å²) < 4.78 is 5.29. The molecule has 1 fully saturated rings. The highest BCUT2D eigenvalue weighted by atomic mass is 35.5. The van der Waals surface area contributed by atoms with Crippen molar-refractivity contribution in [3.05, 3.63) is 27.2 Å². The Morgan fingerprint density at radius 1 is 1.32 bits per heavy atom. The third kappa shape index (κ3) is 3.08. The first kappa shape index (κ1) is 14.7. The minimum atomic E-state index is -0.366. The van der Waals surface area contributed by atoms with Crippen LogP contribution in [0.25, 0.3) is 0 Å². The molecular formula is C12H13Cl3N2O2. The summed E-state index contributed by atoms with van der Waals surface area (Å²) in [7, 11) is 0. The van der Waals surface area contributed by atoms with Crippen LogP contribution in [0, 0.1) is 0 Å². The molecule has 1 aliphatic heterocycles. The molecule has 0 spiro atoms. The number of carbonyl (C=O) groups is 1. The highest BCUT2D eigenvalue weighted by Gasteiger charge is 2.36. The Morgan fingerprint density at radius 2 is 1.89 bits per heavy atom. The van der Waals surface area contributed by atoms with Gasteiger partial charge in [-0.2, -0.15) is 0 Å². The average Bonchev–Trinajstić information content (AvgIpc) is 2.63. The SMILES string of the molecule is CC1(C)COCN1C(=O)Nc1c(Cl)cc(Cl)cc1Cl. The summed E-state index contributed by atoms with van der Waals surface area (Å²) in [4.78, 5) is 13.8.